The molecule has 1 aromatic carbocycles. The SMILES string of the molecule is CCNCc1cccc(NC(=O)CNC(=O)CCC(C)C)c1. The van der Waals surface area contributed by atoms with Gasteiger partial charge in [0.25, 0.3) is 0 Å². The van der Waals surface area contributed by atoms with E-state index in [2.05, 4.69) is 29.8 Å². The standard InChI is InChI=1S/C17H27N3O2/c1-4-18-11-14-6-5-7-15(10-14)20-17(22)12-19-16(21)9-8-13(2)3/h5-7,10,13,18H,4,8-9,11-12H2,1-3H3,(H,19,21)(H,20,22). The number of hydrogen-bond acceptors (Lipinski definition) is 3. The van der Waals surface area contributed by atoms with E-state index in [1.54, 1.807) is 0 Å². The second-order valence-corrected chi connectivity index (χ2v) is 5.74. The number of carbonyl (C=O) groups excluding carboxylic acids is 2. The van der Waals surface area contributed by atoms with Gasteiger partial charge in [0.05, 0.1) is 6.54 Å². The predicted octanol–water partition coefficient (Wildman–Crippen LogP) is 2.29. The number of rotatable bonds is 9. The van der Waals surface area contributed by atoms with Crippen LogP contribution < -0.4 is 16.0 Å². The Balaban J connectivity index is 2.37. The van der Waals surface area contributed by atoms with Crippen molar-refractivity contribution in [3.8, 4) is 0 Å². The zero-order chi connectivity index (χ0) is 16.4. The maximum Gasteiger partial charge on any atom is 0.243 e. The maximum atomic E-state index is 11.8. The van der Waals surface area contributed by atoms with Crippen molar-refractivity contribution in [2.45, 2.75) is 40.2 Å². The van der Waals surface area contributed by atoms with Gasteiger partial charge >= 0.3 is 0 Å². The molecule has 0 spiro atoms. The summed E-state index contributed by atoms with van der Waals surface area (Å²) in [6.07, 6.45) is 1.29. The fourth-order valence-corrected chi connectivity index (χ4v) is 1.92. The molecule has 0 unspecified atom stereocenters. The van der Waals surface area contributed by atoms with Crippen LogP contribution in [0.2, 0.25) is 0 Å². The van der Waals surface area contributed by atoms with Gasteiger partial charge in [0, 0.05) is 18.7 Å². The lowest BCUT2D eigenvalue weighted by Crippen LogP contribution is -2.32. The first-order valence-electron chi connectivity index (χ1n) is 7.87. The van der Waals surface area contributed by atoms with Crippen LogP contribution in [0.5, 0.6) is 0 Å². The molecule has 22 heavy (non-hydrogen) atoms. The number of amides is 2. The smallest absolute Gasteiger partial charge is 0.243 e. The molecule has 5 heteroatoms. The van der Waals surface area contributed by atoms with Gasteiger partial charge in [-0.2, -0.15) is 0 Å². The molecule has 1 aromatic rings. The fourth-order valence-electron chi connectivity index (χ4n) is 1.92. The number of benzene rings is 1. The molecule has 0 heterocycles. The summed E-state index contributed by atoms with van der Waals surface area (Å²) in [7, 11) is 0. The van der Waals surface area contributed by atoms with Crippen LogP contribution in [0.25, 0.3) is 0 Å². The summed E-state index contributed by atoms with van der Waals surface area (Å²) in [4.78, 5) is 23.4. The minimum absolute atomic E-state index is 0.00830. The van der Waals surface area contributed by atoms with E-state index in [4.69, 9.17) is 0 Å². The average molecular weight is 305 g/mol. The van der Waals surface area contributed by atoms with Crippen LogP contribution in [0.4, 0.5) is 5.69 Å². The summed E-state index contributed by atoms with van der Waals surface area (Å²) in [5.41, 5.74) is 1.86. The van der Waals surface area contributed by atoms with Gasteiger partial charge in [-0.1, -0.05) is 32.9 Å². The van der Waals surface area contributed by atoms with Gasteiger partial charge in [0.2, 0.25) is 11.8 Å². The number of nitrogens with one attached hydrogen (secondary N) is 3. The molecule has 0 fully saturated rings. The molecular formula is C17H27N3O2. The Morgan fingerprint density at radius 1 is 1.18 bits per heavy atom. The Bertz CT molecular complexity index is 487. The van der Waals surface area contributed by atoms with Crippen molar-refractivity contribution < 1.29 is 9.59 Å². The summed E-state index contributed by atoms with van der Waals surface area (Å²) in [5.74, 6) is 0.197. The second-order valence-electron chi connectivity index (χ2n) is 5.74. The van der Waals surface area contributed by atoms with Gasteiger partial charge in [-0.3, -0.25) is 9.59 Å². The van der Waals surface area contributed by atoms with Crippen LogP contribution >= 0.6 is 0 Å². The topological polar surface area (TPSA) is 70.2 Å². The first-order valence-corrected chi connectivity index (χ1v) is 7.87. The zero-order valence-electron chi connectivity index (χ0n) is 13.7. The molecular weight excluding hydrogens is 278 g/mol. The van der Waals surface area contributed by atoms with E-state index in [-0.39, 0.29) is 18.4 Å². The molecule has 1 rings (SSSR count). The highest BCUT2D eigenvalue weighted by Gasteiger charge is 2.07. The summed E-state index contributed by atoms with van der Waals surface area (Å²) < 4.78 is 0. The highest BCUT2D eigenvalue weighted by molar-refractivity contribution is 5.94. The van der Waals surface area contributed by atoms with Crippen LogP contribution in [-0.4, -0.2) is 24.9 Å². The van der Waals surface area contributed by atoms with Crippen LogP contribution in [0, 0.1) is 5.92 Å². The van der Waals surface area contributed by atoms with Crippen molar-refractivity contribution >= 4 is 17.5 Å². The van der Waals surface area contributed by atoms with Crippen LogP contribution in [-0.2, 0) is 16.1 Å². The van der Waals surface area contributed by atoms with Crippen LogP contribution in [0.1, 0.15) is 39.2 Å². The largest absolute Gasteiger partial charge is 0.347 e. The molecule has 0 bridgehead atoms. The van der Waals surface area contributed by atoms with E-state index >= 15 is 0 Å². The number of carbonyl (C=O) groups is 2. The van der Waals surface area contributed by atoms with E-state index in [9.17, 15) is 9.59 Å². The lowest BCUT2D eigenvalue weighted by atomic mass is 10.1. The third kappa shape index (κ3) is 7.78. The summed E-state index contributed by atoms with van der Waals surface area (Å²) in [6.45, 7) is 7.87. The Labute approximate surface area is 132 Å². The van der Waals surface area contributed by atoms with Crippen molar-refractivity contribution in [2.24, 2.45) is 5.92 Å². The molecule has 0 aliphatic carbocycles. The zero-order valence-corrected chi connectivity index (χ0v) is 13.7. The molecule has 0 radical (unpaired) electrons. The minimum Gasteiger partial charge on any atom is -0.347 e. The Morgan fingerprint density at radius 3 is 2.64 bits per heavy atom. The van der Waals surface area contributed by atoms with Gasteiger partial charge in [0.15, 0.2) is 0 Å². The number of hydrogen-bond donors (Lipinski definition) is 3. The highest BCUT2D eigenvalue weighted by atomic mass is 16.2. The molecule has 3 N–H and O–H groups in total. The Kier molecular flexibility index (Phi) is 8.22. The highest BCUT2D eigenvalue weighted by Crippen LogP contribution is 2.10. The van der Waals surface area contributed by atoms with Crippen molar-refractivity contribution in [3.05, 3.63) is 29.8 Å². The van der Waals surface area contributed by atoms with E-state index in [0.717, 1.165) is 30.8 Å². The van der Waals surface area contributed by atoms with Gasteiger partial charge < -0.3 is 16.0 Å². The predicted molar refractivity (Wildman–Crippen MR) is 89.5 cm³/mol. The monoisotopic (exact) mass is 305 g/mol. The van der Waals surface area contributed by atoms with E-state index in [1.165, 1.54) is 0 Å². The molecule has 0 saturated heterocycles. The molecule has 0 aromatic heterocycles. The van der Waals surface area contributed by atoms with E-state index in [1.807, 2.05) is 31.2 Å². The molecule has 122 valence electrons. The third-order valence-electron chi connectivity index (χ3n) is 3.18. The normalized spacial score (nSPS) is 10.5. The van der Waals surface area contributed by atoms with Gasteiger partial charge in [0.1, 0.15) is 0 Å². The first-order chi connectivity index (χ1) is 10.5. The minimum atomic E-state index is -0.210. The third-order valence-corrected chi connectivity index (χ3v) is 3.18. The van der Waals surface area contributed by atoms with Crippen molar-refractivity contribution in [2.75, 3.05) is 18.4 Å². The van der Waals surface area contributed by atoms with Gasteiger partial charge in [-0.25, -0.2) is 0 Å². The first kappa shape index (κ1) is 18.2. The lowest BCUT2D eigenvalue weighted by Gasteiger charge is -2.09. The quantitative estimate of drug-likeness (QED) is 0.655. The van der Waals surface area contributed by atoms with Crippen LogP contribution in [0.15, 0.2) is 24.3 Å². The molecule has 5 nitrogen and oxygen atoms in total. The molecule has 0 aliphatic heterocycles. The summed E-state index contributed by atoms with van der Waals surface area (Å²) in [5, 5.41) is 8.68. The molecule has 0 aliphatic rings. The van der Waals surface area contributed by atoms with Crippen molar-refractivity contribution in [1.29, 1.82) is 0 Å². The van der Waals surface area contributed by atoms with Crippen molar-refractivity contribution in [3.63, 3.8) is 0 Å². The lowest BCUT2D eigenvalue weighted by molar-refractivity contribution is -0.124. The van der Waals surface area contributed by atoms with Crippen molar-refractivity contribution in [1.82, 2.24) is 10.6 Å². The Morgan fingerprint density at radius 2 is 1.95 bits per heavy atom. The van der Waals surface area contributed by atoms with Gasteiger partial charge in [-0.15, -0.1) is 0 Å². The van der Waals surface area contributed by atoms with Gasteiger partial charge in [-0.05, 0) is 36.6 Å². The number of anilines is 1. The summed E-state index contributed by atoms with van der Waals surface area (Å²) in [6, 6.07) is 7.69. The summed E-state index contributed by atoms with van der Waals surface area (Å²) >= 11 is 0. The maximum absolute atomic E-state index is 11.8. The second kappa shape index (κ2) is 9.95. The van der Waals surface area contributed by atoms with E-state index in [0.29, 0.717) is 12.3 Å². The Hall–Kier alpha value is -1.88. The molecule has 2 amide bonds. The van der Waals surface area contributed by atoms with Crippen LogP contribution in [0.3, 0.4) is 0 Å². The molecule has 0 saturated carbocycles. The van der Waals surface area contributed by atoms with E-state index < -0.39 is 0 Å². The average Bonchev–Trinajstić information content (AvgIpc) is 2.49. The fraction of sp³-hybridized carbons (Fsp3) is 0.529. The molecule has 0 atom stereocenters.